The van der Waals surface area contributed by atoms with E-state index in [-0.39, 0.29) is 11.9 Å². The lowest BCUT2D eigenvalue weighted by molar-refractivity contribution is 0.0952. The zero-order valence-corrected chi connectivity index (χ0v) is 19.1. The summed E-state index contributed by atoms with van der Waals surface area (Å²) >= 11 is 1.73. The number of pyridine rings is 2. The maximum Gasteiger partial charge on any atom is 0.252 e. The Morgan fingerprint density at radius 2 is 2.03 bits per heavy atom. The fraction of sp³-hybridized carbons (Fsp3) is 0.304. The van der Waals surface area contributed by atoms with Crippen molar-refractivity contribution < 1.29 is 9.53 Å². The first kappa shape index (κ1) is 21.0. The molecule has 0 saturated carbocycles. The molecule has 7 nitrogen and oxygen atoms in total. The molecule has 4 aromatic heterocycles. The highest BCUT2D eigenvalue weighted by Crippen LogP contribution is 2.32. The van der Waals surface area contributed by atoms with Crippen LogP contribution in [0.5, 0.6) is 5.88 Å². The molecule has 0 radical (unpaired) electrons. The third-order valence-electron chi connectivity index (χ3n) is 5.08. The maximum absolute atomic E-state index is 13.2. The SMILES string of the molecule is COc1ccc(CNC(=O)c2cc(-c3cc(C)sc3C)nc3c2cnn3C(C)C)cn1. The molecule has 0 aliphatic rings. The number of rotatable bonds is 6. The van der Waals surface area contributed by atoms with E-state index in [1.54, 1.807) is 36.9 Å². The van der Waals surface area contributed by atoms with Gasteiger partial charge in [0.1, 0.15) is 0 Å². The summed E-state index contributed by atoms with van der Waals surface area (Å²) in [4.78, 5) is 24.7. The number of carbonyl (C=O) groups is 1. The standard InChI is InChI=1S/C23H25N5O2S/c1-13(2)28-22-19(12-26-28)18(9-20(27-22)17-8-14(3)31-15(17)4)23(29)25-11-16-6-7-21(30-5)24-10-16/h6-10,12-13H,11H2,1-5H3,(H,25,29). The van der Waals surface area contributed by atoms with Crippen LogP contribution in [-0.2, 0) is 6.54 Å². The molecule has 0 saturated heterocycles. The number of aryl methyl sites for hydroxylation is 2. The number of aromatic nitrogens is 4. The van der Waals surface area contributed by atoms with Crippen molar-refractivity contribution in [2.45, 2.75) is 40.3 Å². The summed E-state index contributed by atoms with van der Waals surface area (Å²) in [6.45, 7) is 8.63. The molecule has 0 aliphatic carbocycles. The third kappa shape index (κ3) is 4.16. The molecule has 0 fully saturated rings. The molecule has 8 heteroatoms. The zero-order valence-electron chi connectivity index (χ0n) is 18.3. The number of amides is 1. The van der Waals surface area contributed by atoms with Gasteiger partial charge in [-0.2, -0.15) is 5.10 Å². The van der Waals surface area contributed by atoms with Crippen LogP contribution in [0.25, 0.3) is 22.3 Å². The Hall–Kier alpha value is -3.26. The Kier molecular flexibility index (Phi) is 5.73. The van der Waals surface area contributed by atoms with E-state index in [9.17, 15) is 4.79 Å². The fourth-order valence-electron chi connectivity index (χ4n) is 3.52. The van der Waals surface area contributed by atoms with Gasteiger partial charge in [0.25, 0.3) is 5.91 Å². The number of nitrogens with one attached hydrogen (secondary N) is 1. The second-order valence-electron chi connectivity index (χ2n) is 7.69. The topological polar surface area (TPSA) is 81.9 Å². The van der Waals surface area contributed by atoms with Gasteiger partial charge in [-0.05, 0) is 45.4 Å². The van der Waals surface area contributed by atoms with Crippen molar-refractivity contribution in [3.63, 3.8) is 0 Å². The van der Waals surface area contributed by atoms with Crippen LogP contribution in [-0.4, -0.2) is 32.8 Å². The normalized spacial score (nSPS) is 11.3. The van der Waals surface area contributed by atoms with E-state index < -0.39 is 0 Å². The molecule has 4 heterocycles. The first-order valence-electron chi connectivity index (χ1n) is 10.1. The van der Waals surface area contributed by atoms with Crippen LogP contribution in [0.15, 0.2) is 36.7 Å². The van der Waals surface area contributed by atoms with Gasteiger partial charge in [0.15, 0.2) is 5.65 Å². The largest absolute Gasteiger partial charge is 0.481 e. The molecule has 1 N–H and O–H groups in total. The summed E-state index contributed by atoms with van der Waals surface area (Å²) in [5.74, 6) is 0.371. The molecule has 0 bridgehead atoms. The molecule has 160 valence electrons. The molecule has 0 spiro atoms. The van der Waals surface area contributed by atoms with E-state index in [0.717, 1.165) is 22.2 Å². The Balaban J connectivity index is 1.72. The van der Waals surface area contributed by atoms with Gasteiger partial charge >= 0.3 is 0 Å². The van der Waals surface area contributed by atoms with Gasteiger partial charge in [-0.15, -0.1) is 11.3 Å². The molecule has 31 heavy (non-hydrogen) atoms. The predicted octanol–water partition coefficient (Wildman–Crippen LogP) is 4.69. The highest BCUT2D eigenvalue weighted by atomic mass is 32.1. The van der Waals surface area contributed by atoms with E-state index in [0.29, 0.717) is 23.6 Å². The molecule has 4 rings (SSSR count). The molecule has 0 atom stereocenters. The zero-order chi connectivity index (χ0) is 22.1. The lowest BCUT2D eigenvalue weighted by Crippen LogP contribution is -2.23. The summed E-state index contributed by atoms with van der Waals surface area (Å²) in [5.41, 5.74) is 4.01. The number of hydrogen-bond donors (Lipinski definition) is 1. The molecule has 0 aromatic carbocycles. The van der Waals surface area contributed by atoms with E-state index in [4.69, 9.17) is 9.72 Å². The number of thiophene rings is 1. The van der Waals surface area contributed by atoms with Crippen LogP contribution in [0, 0.1) is 13.8 Å². The van der Waals surface area contributed by atoms with Crippen molar-refractivity contribution in [1.82, 2.24) is 25.1 Å². The maximum atomic E-state index is 13.2. The fourth-order valence-corrected chi connectivity index (χ4v) is 4.45. The van der Waals surface area contributed by atoms with Crippen LogP contribution in [0.4, 0.5) is 0 Å². The number of hydrogen-bond acceptors (Lipinski definition) is 6. The highest BCUT2D eigenvalue weighted by Gasteiger charge is 2.19. The van der Waals surface area contributed by atoms with Crippen LogP contribution < -0.4 is 10.1 Å². The van der Waals surface area contributed by atoms with E-state index in [2.05, 4.69) is 49.2 Å². The molecule has 0 unspecified atom stereocenters. The summed E-state index contributed by atoms with van der Waals surface area (Å²) in [5, 5.41) is 8.23. The van der Waals surface area contributed by atoms with E-state index in [1.165, 1.54) is 9.75 Å². The van der Waals surface area contributed by atoms with Gasteiger partial charge < -0.3 is 10.1 Å². The number of carbonyl (C=O) groups excluding carboxylic acids is 1. The highest BCUT2D eigenvalue weighted by molar-refractivity contribution is 7.12. The summed E-state index contributed by atoms with van der Waals surface area (Å²) in [7, 11) is 1.57. The average molecular weight is 436 g/mol. The molecule has 1 amide bonds. The van der Waals surface area contributed by atoms with E-state index >= 15 is 0 Å². The Morgan fingerprint density at radius 3 is 2.65 bits per heavy atom. The molecular weight excluding hydrogens is 410 g/mol. The first-order valence-corrected chi connectivity index (χ1v) is 10.9. The van der Waals surface area contributed by atoms with Crippen molar-refractivity contribution in [3.8, 4) is 17.1 Å². The Labute approximate surface area is 185 Å². The summed E-state index contributed by atoms with van der Waals surface area (Å²) in [6.07, 6.45) is 3.42. The third-order valence-corrected chi connectivity index (χ3v) is 6.04. The van der Waals surface area contributed by atoms with Gasteiger partial charge in [0.05, 0.1) is 30.0 Å². The van der Waals surface area contributed by atoms with Crippen LogP contribution in [0.3, 0.4) is 0 Å². The molecular formula is C23H25N5O2S. The van der Waals surface area contributed by atoms with Crippen molar-refractivity contribution in [2.24, 2.45) is 0 Å². The van der Waals surface area contributed by atoms with Crippen LogP contribution >= 0.6 is 11.3 Å². The van der Waals surface area contributed by atoms with Crippen molar-refractivity contribution in [3.05, 3.63) is 57.5 Å². The van der Waals surface area contributed by atoms with Crippen molar-refractivity contribution >= 4 is 28.3 Å². The van der Waals surface area contributed by atoms with Crippen molar-refractivity contribution in [2.75, 3.05) is 7.11 Å². The van der Waals surface area contributed by atoms with Crippen LogP contribution in [0.2, 0.25) is 0 Å². The quantitative estimate of drug-likeness (QED) is 0.475. The molecule has 0 aliphatic heterocycles. The second-order valence-corrected chi connectivity index (χ2v) is 9.15. The lowest BCUT2D eigenvalue weighted by atomic mass is 10.1. The predicted molar refractivity (Wildman–Crippen MR) is 123 cm³/mol. The van der Waals surface area contributed by atoms with Gasteiger partial charge in [-0.1, -0.05) is 6.07 Å². The monoisotopic (exact) mass is 435 g/mol. The number of methoxy groups -OCH3 is 1. The molecule has 4 aromatic rings. The Morgan fingerprint density at radius 1 is 1.23 bits per heavy atom. The van der Waals surface area contributed by atoms with Gasteiger partial charge in [0.2, 0.25) is 5.88 Å². The number of nitrogens with zero attached hydrogens (tertiary/aromatic N) is 4. The second kappa shape index (κ2) is 8.47. The smallest absolute Gasteiger partial charge is 0.252 e. The summed E-state index contributed by atoms with van der Waals surface area (Å²) in [6, 6.07) is 7.78. The minimum Gasteiger partial charge on any atom is -0.481 e. The Bertz CT molecular complexity index is 1240. The number of ether oxygens (including phenoxy) is 1. The van der Waals surface area contributed by atoms with E-state index in [1.807, 2.05) is 16.8 Å². The first-order chi connectivity index (χ1) is 14.9. The minimum absolute atomic E-state index is 0.131. The average Bonchev–Trinajstić information content (AvgIpc) is 3.34. The van der Waals surface area contributed by atoms with Crippen molar-refractivity contribution in [1.29, 1.82) is 0 Å². The van der Waals surface area contributed by atoms with Crippen LogP contribution in [0.1, 0.15) is 45.6 Å². The number of fused-ring (bicyclic) bond motifs is 1. The van der Waals surface area contributed by atoms with Gasteiger partial charge in [-0.3, -0.25) is 4.79 Å². The minimum atomic E-state index is -0.169. The van der Waals surface area contributed by atoms with Gasteiger partial charge in [0, 0.05) is 40.2 Å². The lowest BCUT2D eigenvalue weighted by Gasteiger charge is -2.11. The summed E-state index contributed by atoms with van der Waals surface area (Å²) < 4.78 is 6.95. The van der Waals surface area contributed by atoms with Gasteiger partial charge in [-0.25, -0.2) is 14.6 Å².